The Morgan fingerprint density at radius 1 is 1.64 bits per heavy atom. The van der Waals surface area contributed by atoms with Gasteiger partial charge in [-0.2, -0.15) is 5.10 Å². The van der Waals surface area contributed by atoms with Crippen molar-refractivity contribution >= 4 is 5.97 Å². The second-order valence-electron chi connectivity index (χ2n) is 2.97. The summed E-state index contributed by atoms with van der Waals surface area (Å²) in [6.07, 6.45) is 4.99. The van der Waals surface area contributed by atoms with E-state index < -0.39 is 5.97 Å². The average Bonchev–Trinajstić information content (AvgIpc) is 2.70. The van der Waals surface area contributed by atoms with E-state index in [2.05, 4.69) is 10.1 Å². The van der Waals surface area contributed by atoms with Gasteiger partial charge in [0.2, 0.25) is 0 Å². The van der Waals surface area contributed by atoms with Crippen LogP contribution in [-0.2, 0) is 7.05 Å². The molecule has 2 aromatic rings. The van der Waals surface area contributed by atoms with Crippen molar-refractivity contribution in [1.29, 1.82) is 0 Å². The number of hydrogen-bond acceptors (Lipinski definition) is 2. The highest BCUT2D eigenvalue weighted by molar-refractivity contribution is 5.94. The van der Waals surface area contributed by atoms with Gasteiger partial charge in [0.15, 0.2) is 0 Å². The van der Waals surface area contributed by atoms with Crippen molar-refractivity contribution in [2.45, 2.75) is 0 Å². The minimum atomic E-state index is -0.940. The van der Waals surface area contributed by atoms with Gasteiger partial charge in [0, 0.05) is 25.0 Å². The molecule has 0 amide bonds. The first-order valence-corrected chi connectivity index (χ1v) is 4.08. The van der Waals surface area contributed by atoms with Gasteiger partial charge in [-0.3, -0.25) is 4.68 Å². The van der Waals surface area contributed by atoms with E-state index in [0.717, 1.165) is 5.56 Å². The number of aromatic carboxylic acids is 1. The zero-order chi connectivity index (χ0) is 10.1. The van der Waals surface area contributed by atoms with Gasteiger partial charge in [0.05, 0.1) is 17.5 Å². The lowest BCUT2D eigenvalue weighted by Gasteiger charge is -1.94. The van der Waals surface area contributed by atoms with Crippen LogP contribution >= 0.6 is 0 Å². The Labute approximate surface area is 80.0 Å². The number of nitrogens with zero attached hydrogens (tertiary/aromatic N) is 2. The van der Waals surface area contributed by atoms with Crippen LogP contribution in [0.1, 0.15) is 10.4 Å². The topological polar surface area (TPSA) is 70.9 Å². The molecule has 5 nitrogen and oxygen atoms in total. The fourth-order valence-corrected chi connectivity index (χ4v) is 1.34. The number of H-pyrrole nitrogens is 1. The van der Waals surface area contributed by atoms with Crippen molar-refractivity contribution in [2.24, 2.45) is 7.05 Å². The maximum Gasteiger partial charge on any atom is 0.337 e. The molecule has 0 unspecified atom stereocenters. The number of aromatic nitrogens is 3. The summed E-state index contributed by atoms with van der Waals surface area (Å²) in [6, 6.07) is 1.53. The maximum atomic E-state index is 10.8. The highest BCUT2D eigenvalue weighted by Gasteiger charge is 2.13. The van der Waals surface area contributed by atoms with Gasteiger partial charge in [0.25, 0.3) is 0 Å². The molecule has 2 rings (SSSR count). The van der Waals surface area contributed by atoms with Crippen LogP contribution in [0.3, 0.4) is 0 Å². The van der Waals surface area contributed by atoms with E-state index >= 15 is 0 Å². The molecule has 0 saturated carbocycles. The molecule has 5 heteroatoms. The van der Waals surface area contributed by atoms with Crippen molar-refractivity contribution in [3.8, 4) is 11.3 Å². The number of carboxylic acids is 1. The van der Waals surface area contributed by atoms with Gasteiger partial charge in [-0.05, 0) is 6.07 Å². The lowest BCUT2D eigenvalue weighted by atomic mass is 10.1. The summed E-state index contributed by atoms with van der Waals surface area (Å²) in [5, 5.41) is 12.9. The third kappa shape index (κ3) is 1.28. The minimum absolute atomic E-state index is 0.262. The summed E-state index contributed by atoms with van der Waals surface area (Å²) >= 11 is 0. The number of rotatable bonds is 2. The Hall–Kier alpha value is -2.04. The molecule has 2 N–H and O–H groups in total. The Kier molecular flexibility index (Phi) is 1.85. The second-order valence-corrected chi connectivity index (χ2v) is 2.97. The summed E-state index contributed by atoms with van der Waals surface area (Å²) < 4.78 is 1.63. The van der Waals surface area contributed by atoms with Gasteiger partial charge in [-0.15, -0.1) is 0 Å². The third-order valence-corrected chi connectivity index (χ3v) is 1.97. The number of aryl methyl sites for hydroxylation is 1. The van der Waals surface area contributed by atoms with E-state index in [-0.39, 0.29) is 5.56 Å². The zero-order valence-electron chi connectivity index (χ0n) is 7.56. The number of carboxylic acid groups (broad SMARTS) is 1. The number of hydrogen-bond donors (Lipinski definition) is 2. The van der Waals surface area contributed by atoms with Crippen LogP contribution in [0.2, 0.25) is 0 Å². The molecule has 0 aliphatic heterocycles. The van der Waals surface area contributed by atoms with Crippen LogP contribution in [-0.4, -0.2) is 25.8 Å². The van der Waals surface area contributed by atoms with Crippen molar-refractivity contribution in [3.05, 3.63) is 30.2 Å². The third-order valence-electron chi connectivity index (χ3n) is 1.97. The van der Waals surface area contributed by atoms with Crippen LogP contribution < -0.4 is 0 Å². The van der Waals surface area contributed by atoms with Gasteiger partial charge in [0.1, 0.15) is 0 Å². The van der Waals surface area contributed by atoms with Gasteiger partial charge < -0.3 is 10.1 Å². The number of aromatic amines is 1. The highest BCUT2D eigenvalue weighted by atomic mass is 16.4. The first-order valence-electron chi connectivity index (χ1n) is 4.08. The molecule has 0 aromatic carbocycles. The first kappa shape index (κ1) is 8.55. The van der Waals surface area contributed by atoms with E-state index in [9.17, 15) is 4.79 Å². The van der Waals surface area contributed by atoms with Crippen LogP contribution in [0.15, 0.2) is 24.7 Å². The summed E-state index contributed by atoms with van der Waals surface area (Å²) in [7, 11) is 1.78. The zero-order valence-corrected chi connectivity index (χ0v) is 7.56. The first-order chi connectivity index (χ1) is 6.68. The maximum absolute atomic E-state index is 10.8. The molecule has 72 valence electrons. The monoisotopic (exact) mass is 191 g/mol. The minimum Gasteiger partial charge on any atom is -0.478 e. The lowest BCUT2D eigenvalue weighted by molar-refractivity contribution is 0.0698. The summed E-state index contributed by atoms with van der Waals surface area (Å²) in [5.74, 6) is -0.940. The van der Waals surface area contributed by atoms with E-state index in [1.165, 1.54) is 6.07 Å². The molecule has 0 atom stereocenters. The molecule has 0 fully saturated rings. The summed E-state index contributed by atoms with van der Waals surface area (Å²) in [6.45, 7) is 0. The fourth-order valence-electron chi connectivity index (χ4n) is 1.34. The van der Waals surface area contributed by atoms with Gasteiger partial charge >= 0.3 is 5.97 Å². The molecular weight excluding hydrogens is 182 g/mol. The average molecular weight is 191 g/mol. The SMILES string of the molecule is Cn1cc(-c2[nH]ccc2C(=O)O)cn1. The molecule has 14 heavy (non-hydrogen) atoms. The predicted molar refractivity (Wildman–Crippen MR) is 50.0 cm³/mol. The molecule has 0 radical (unpaired) electrons. The Morgan fingerprint density at radius 2 is 2.43 bits per heavy atom. The van der Waals surface area contributed by atoms with Crippen LogP contribution in [0.25, 0.3) is 11.3 Å². The van der Waals surface area contributed by atoms with E-state index in [1.807, 2.05) is 0 Å². The second kappa shape index (κ2) is 3.02. The van der Waals surface area contributed by atoms with E-state index in [0.29, 0.717) is 5.69 Å². The molecule has 0 saturated heterocycles. The highest BCUT2D eigenvalue weighted by Crippen LogP contribution is 2.20. The molecular formula is C9H9N3O2. The van der Waals surface area contributed by atoms with Crippen molar-refractivity contribution in [2.75, 3.05) is 0 Å². The van der Waals surface area contributed by atoms with Crippen molar-refractivity contribution in [1.82, 2.24) is 14.8 Å². The fraction of sp³-hybridized carbons (Fsp3) is 0.111. The number of carbonyl (C=O) groups is 1. The van der Waals surface area contributed by atoms with Crippen LogP contribution in [0.5, 0.6) is 0 Å². The van der Waals surface area contributed by atoms with Crippen LogP contribution in [0, 0.1) is 0 Å². The molecule has 0 aliphatic rings. The lowest BCUT2D eigenvalue weighted by Crippen LogP contribution is -1.96. The Balaban J connectivity index is 2.51. The molecule has 2 aromatic heterocycles. The predicted octanol–water partition coefficient (Wildman–Crippen LogP) is 1.11. The smallest absolute Gasteiger partial charge is 0.337 e. The normalized spacial score (nSPS) is 10.4. The number of nitrogens with one attached hydrogen (secondary N) is 1. The summed E-state index contributed by atoms with van der Waals surface area (Å²) in [5.41, 5.74) is 1.62. The quantitative estimate of drug-likeness (QED) is 0.747. The Morgan fingerprint density at radius 3 is 3.00 bits per heavy atom. The van der Waals surface area contributed by atoms with E-state index in [4.69, 9.17) is 5.11 Å². The van der Waals surface area contributed by atoms with Crippen LogP contribution in [0.4, 0.5) is 0 Å². The largest absolute Gasteiger partial charge is 0.478 e. The molecule has 0 spiro atoms. The van der Waals surface area contributed by atoms with Gasteiger partial charge in [-0.1, -0.05) is 0 Å². The Bertz CT molecular complexity index is 470. The molecule has 2 heterocycles. The van der Waals surface area contributed by atoms with Gasteiger partial charge in [-0.25, -0.2) is 4.79 Å². The van der Waals surface area contributed by atoms with Crippen molar-refractivity contribution < 1.29 is 9.90 Å². The standard InChI is InChI=1S/C9H9N3O2/c1-12-5-6(4-11-12)8-7(9(13)14)2-3-10-8/h2-5,10H,1H3,(H,13,14). The van der Waals surface area contributed by atoms with Crippen molar-refractivity contribution in [3.63, 3.8) is 0 Å². The molecule has 0 aliphatic carbocycles. The van der Waals surface area contributed by atoms with E-state index in [1.54, 1.807) is 30.3 Å². The summed E-state index contributed by atoms with van der Waals surface area (Å²) in [4.78, 5) is 13.7. The molecule has 0 bridgehead atoms.